The topological polar surface area (TPSA) is 58.2 Å². The van der Waals surface area contributed by atoms with Crippen molar-refractivity contribution in [3.05, 3.63) is 71.8 Å². The van der Waals surface area contributed by atoms with Crippen LogP contribution in [0, 0.1) is 0 Å². The van der Waals surface area contributed by atoms with Crippen LogP contribution < -0.4 is 10.6 Å². The van der Waals surface area contributed by atoms with Crippen molar-refractivity contribution in [1.29, 1.82) is 0 Å². The van der Waals surface area contributed by atoms with E-state index < -0.39 is 23.9 Å². The molecule has 0 saturated carbocycles. The van der Waals surface area contributed by atoms with Gasteiger partial charge in [0.1, 0.15) is 0 Å². The predicted molar refractivity (Wildman–Crippen MR) is 96.1 cm³/mol. The average Bonchev–Trinajstić information content (AvgIpc) is 2.65. The Bertz CT molecular complexity index is 606. The number of nitrogens with one attached hydrogen (secondary N) is 2. The fourth-order valence-corrected chi connectivity index (χ4v) is 2.75. The van der Waals surface area contributed by atoms with E-state index in [0.29, 0.717) is 0 Å². The van der Waals surface area contributed by atoms with Crippen LogP contribution in [0.2, 0.25) is 0 Å². The number of hydrogen-bond acceptors (Lipinski definition) is 2. The number of hydrogen-bond donors (Lipinski definition) is 2. The van der Waals surface area contributed by atoms with E-state index in [4.69, 9.17) is 23.2 Å². The Kier molecular flexibility index (Phi) is 7.09. The standard InChI is InChI=1S/C18H18Cl2N2O2/c19-11-15(13-7-3-1-4-8-13)21-17(23)18(24)22-16(12-20)14-9-5-2-6-10-14/h1-10,15-16H,11-12H2,(H,21,23)(H,22,24)/t15-,16-/m0/s1. The van der Waals surface area contributed by atoms with Crippen molar-refractivity contribution in [3.63, 3.8) is 0 Å². The smallest absolute Gasteiger partial charge is 0.309 e. The third-order valence-corrected chi connectivity index (χ3v) is 4.15. The molecular formula is C18H18Cl2N2O2. The largest absolute Gasteiger partial charge is 0.340 e. The van der Waals surface area contributed by atoms with Gasteiger partial charge in [-0.25, -0.2) is 0 Å². The van der Waals surface area contributed by atoms with Crippen molar-refractivity contribution in [2.75, 3.05) is 11.8 Å². The van der Waals surface area contributed by atoms with E-state index in [9.17, 15) is 9.59 Å². The van der Waals surface area contributed by atoms with Crippen LogP contribution in [0.5, 0.6) is 0 Å². The van der Waals surface area contributed by atoms with Gasteiger partial charge in [-0.05, 0) is 11.1 Å². The first-order valence-corrected chi connectivity index (χ1v) is 8.55. The monoisotopic (exact) mass is 364 g/mol. The van der Waals surface area contributed by atoms with Crippen LogP contribution in [-0.4, -0.2) is 23.6 Å². The van der Waals surface area contributed by atoms with Gasteiger partial charge in [0.2, 0.25) is 0 Å². The van der Waals surface area contributed by atoms with Crippen LogP contribution in [0.4, 0.5) is 0 Å². The molecule has 0 aliphatic carbocycles. The number of carbonyl (C=O) groups excluding carboxylic acids is 2. The maximum atomic E-state index is 12.1. The first-order valence-electron chi connectivity index (χ1n) is 7.49. The molecular weight excluding hydrogens is 347 g/mol. The van der Waals surface area contributed by atoms with E-state index in [1.54, 1.807) is 0 Å². The predicted octanol–water partition coefficient (Wildman–Crippen LogP) is 3.18. The fourth-order valence-electron chi connectivity index (χ4n) is 2.24. The van der Waals surface area contributed by atoms with Crippen LogP contribution in [0.25, 0.3) is 0 Å². The van der Waals surface area contributed by atoms with E-state index in [0.717, 1.165) is 11.1 Å². The molecule has 0 aliphatic heterocycles. The molecule has 2 amide bonds. The van der Waals surface area contributed by atoms with Gasteiger partial charge >= 0.3 is 11.8 Å². The molecule has 0 saturated heterocycles. The normalized spacial score (nSPS) is 12.9. The highest BCUT2D eigenvalue weighted by molar-refractivity contribution is 6.35. The molecule has 4 nitrogen and oxygen atoms in total. The summed E-state index contributed by atoms with van der Waals surface area (Å²) in [6, 6.07) is 17.6. The Morgan fingerprint density at radius 1 is 0.708 bits per heavy atom. The first kappa shape index (κ1) is 18.3. The van der Waals surface area contributed by atoms with Gasteiger partial charge in [-0.3, -0.25) is 9.59 Å². The maximum absolute atomic E-state index is 12.1. The molecule has 6 heteroatoms. The number of carbonyl (C=O) groups is 2. The van der Waals surface area contributed by atoms with Crippen molar-refractivity contribution in [3.8, 4) is 0 Å². The molecule has 0 fully saturated rings. The van der Waals surface area contributed by atoms with E-state index in [1.165, 1.54) is 0 Å². The highest BCUT2D eigenvalue weighted by atomic mass is 35.5. The molecule has 2 atom stereocenters. The summed E-state index contributed by atoms with van der Waals surface area (Å²) in [4.78, 5) is 24.3. The molecule has 0 aromatic heterocycles. The second kappa shape index (κ2) is 9.30. The zero-order valence-electron chi connectivity index (χ0n) is 12.9. The van der Waals surface area contributed by atoms with Crippen LogP contribution >= 0.6 is 23.2 Å². The van der Waals surface area contributed by atoms with Gasteiger partial charge in [0.25, 0.3) is 0 Å². The van der Waals surface area contributed by atoms with Crippen molar-refractivity contribution in [2.45, 2.75) is 12.1 Å². The Balaban J connectivity index is 1.99. The minimum atomic E-state index is -0.740. The summed E-state index contributed by atoms with van der Waals surface area (Å²) in [5, 5.41) is 5.28. The van der Waals surface area contributed by atoms with Crippen molar-refractivity contribution < 1.29 is 9.59 Å². The Hall–Kier alpha value is -2.04. The van der Waals surface area contributed by atoms with Gasteiger partial charge in [-0.15, -0.1) is 23.2 Å². The zero-order chi connectivity index (χ0) is 17.4. The van der Waals surface area contributed by atoms with Gasteiger partial charge in [-0.2, -0.15) is 0 Å². The van der Waals surface area contributed by atoms with E-state index in [2.05, 4.69) is 10.6 Å². The molecule has 0 unspecified atom stereocenters. The second-order valence-corrected chi connectivity index (χ2v) is 5.80. The summed E-state index contributed by atoms with van der Waals surface area (Å²) in [6.07, 6.45) is 0. The summed E-state index contributed by atoms with van der Waals surface area (Å²) in [7, 11) is 0. The Morgan fingerprint density at radius 3 is 1.33 bits per heavy atom. The number of benzene rings is 2. The number of rotatable bonds is 6. The van der Waals surface area contributed by atoms with Crippen molar-refractivity contribution in [1.82, 2.24) is 10.6 Å². The Labute approximate surface area is 151 Å². The molecule has 0 bridgehead atoms. The zero-order valence-corrected chi connectivity index (χ0v) is 14.4. The van der Waals surface area contributed by atoms with Gasteiger partial charge in [0, 0.05) is 11.8 Å². The molecule has 126 valence electrons. The minimum Gasteiger partial charge on any atom is -0.340 e. The molecule has 2 aromatic carbocycles. The lowest BCUT2D eigenvalue weighted by molar-refractivity contribution is -0.140. The SMILES string of the molecule is O=C(N[C@@H](CCl)c1ccccc1)C(=O)N[C@@H](CCl)c1ccccc1. The van der Waals surface area contributed by atoms with E-state index in [-0.39, 0.29) is 11.8 Å². The molecule has 2 rings (SSSR count). The summed E-state index contributed by atoms with van der Waals surface area (Å²) < 4.78 is 0. The van der Waals surface area contributed by atoms with Crippen LogP contribution in [0.15, 0.2) is 60.7 Å². The lowest BCUT2D eigenvalue weighted by Crippen LogP contribution is -2.43. The number of halogens is 2. The number of amides is 2. The summed E-state index contributed by atoms with van der Waals surface area (Å²) in [5.41, 5.74) is 1.68. The highest BCUT2D eigenvalue weighted by Crippen LogP contribution is 2.15. The van der Waals surface area contributed by atoms with Crippen LogP contribution in [0.3, 0.4) is 0 Å². The lowest BCUT2D eigenvalue weighted by Gasteiger charge is -2.19. The van der Waals surface area contributed by atoms with Crippen LogP contribution in [-0.2, 0) is 9.59 Å². The molecule has 0 heterocycles. The highest BCUT2D eigenvalue weighted by Gasteiger charge is 2.22. The molecule has 2 aromatic rings. The fraction of sp³-hybridized carbons (Fsp3) is 0.222. The van der Waals surface area contributed by atoms with Crippen LogP contribution in [0.1, 0.15) is 23.2 Å². The molecule has 0 aliphatic rings. The maximum Gasteiger partial charge on any atom is 0.309 e. The minimum absolute atomic E-state index is 0.167. The van der Waals surface area contributed by atoms with Gasteiger partial charge in [0.15, 0.2) is 0 Å². The summed E-state index contributed by atoms with van der Waals surface area (Å²) in [5.74, 6) is -1.15. The molecule has 2 N–H and O–H groups in total. The van der Waals surface area contributed by atoms with E-state index >= 15 is 0 Å². The Morgan fingerprint density at radius 2 is 1.04 bits per heavy atom. The van der Waals surface area contributed by atoms with Gasteiger partial charge < -0.3 is 10.6 Å². The van der Waals surface area contributed by atoms with Gasteiger partial charge in [0.05, 0.1) is 12.1 Å². The van der Waals surface area contributed by atoms with Crippen molar-refractivity contribution >= 4 is 35.0 Å². The molecule has 24 heavy (non-hydrogen) atoms. The summed E-state index contributed by atoms with van der Waals surface area (Å²) >= 11 is 11.8. The molecule has 0 radical (unpaired) electrons. The van der Waals surface area contributed by atoms with E-state index in [1.807, 2.05) is 60.7 Å². The molecule has 0 spiro atoms. The van der Waals surface area contributed by atoms with Gasteiger partial charge in [-0.1, -0.05) is 60.7 Å². The average molecular weight is 365 g/mol. The quantitative estimate of drug-likeness (QED) is 0.610. The lowest BCUT2D eigenvalue weighted by atomic mass is 10.1. The third-order valence-electron chi connectivity index (χ3n) is 3.53. The van der Waals surface area contributed by atoms with Crippen molar-refractivity contribution in [2.24, 2.45) is 0 Å². The number of alkyl halides is 2. The second-order valence-electron chi connectivity index (χ2n) is 5.18. The first-order chi connectivity index (χ1) is 11.7. The third kappa shape index (κ3) is 4.98. The summed E-state index contributed by atoms with van der Waals surface area (Å²) in [6.45, 7) is 0.